The monoisotopic (exact) mass is 316 g/mol. The van der Waals surface area contributed by atoms with Crippen LogP contribution in [0.15, 0.2) is 23.6 Å². The van der Waals surface area contributed by atoms with E-state index in [0.29, 0.717) is 0 Å². The Morgan fingerprint density at radius 2 is 2.14 bits per heavy atom. The molecule has 0 aliphatic carbocycles. The molecule has 3 rings (SSSR count). The molecule has 0 fully saturated rings. The van der Waals surface area contributed by atoms with Crippen molar-refractivity contribution in [2.75, 3.05) is 32.5 Å². The molecule has 6 heteroatoms. The van der Waals surface area contributed by atoms with Crippen LogP contribution >= 0.6 is 11.3 Å². The largest absolute Gasteiger partial charge is 0.364 e. The van der Waals surface area contributed by atoms with E-state index in [1.54, 1.807) is 11.3 Å². The van der Waals surface area contributed by atoms with E-state index in [2.05, 4.69) is 55.8 Å². The molecule has 5 nitrogen and oxygen atoms in total. The topological polar surface area (TPSA) is 46.7 Å². The van der Waals surface area contributed by atoms with Gasteiger partial charge >= 0.3 is 0 Å². The first-order valence-corrected chi connectivity index (χ1v) is 8.38. The van der Waals surface area contributed by atoms with Crippen LogP contribution in [0.5, 0.6) is 0 Å². The maximum absolute atomic E-state index is 4.75. The predicted octanol–water partition coefficient (Wildman–Crippen LogP) is 1.63. The summed E-state index contributed by atoms with van der Waals surface area (Å²) in [4.78, 5) is 7.26. The molecular formula is C16H22N5S+. The minimum absolute atomic E-state index is 0.895. The van der Waals surface area contributed by atoms with E-state index in [-0.39, 0.29) is 0 Å². The Balaban J connectivity index is 2.02. The number of quaternary nitrogens is 1. The van der Waals surface area contributed by atoms with E-state index in [0.717, 1.165) is 41.5 Å². The average molecular weight is 316 g/mol. The molecule has 0 unspecified atom stereocenters. The van der Waals surface area contributed by atoms with Gasteiger partial charge in [0.25, 0.3) is 0 Å². The van der Waals surface area contributed by atoms with Crippen LogP contribution in [0, 0.1) is 13.8 Å². The maximum Gasteiger partial charge on any atom is 0.158 e. The van der Waals surface area contributed by atoms with E-state index in [1.807, 2.05) is 10.6 Å². The van der Waals surface area contributed by atoms with Crippen molar-refractivity contribution in [2.24, 2.45) is 0 Å². The number of aromatic nitrogens is 3. The highest BCUT2D eigenvalue weighted by molar-refractivity contribution is 7.13. The number of thiophene rings is 1. The Kier molecular flexibility index (Phi) is 4.13. The second-order valence-electron chi connectivity index (χ2n) is 5.83. The molecule has 3 aromatic heterocycles. The summed E-state index contributed by atoms with van der Waals surface area (Å²) in [6, 6.07) is 6.20. The molecule has 2 N–H and O–H groups in total. The highest BCUT2D eigenvalue weighted by Gasteiger charge is 2.13. The molecule has 0 amide bonds. The highest BCUT2D eigenvalue weighted by Crippen LogP contribution is 2.27. The summed E-state index contributed by atoms with van der Waals surface area (Å²) >= 11 is 1.70. The number of nitrogens with zero attached hydrogens (tertiary/aromatic N) is 3. The number of aryl methyl sites for hydroxylation is 1. The number of fused-ring (bicyclic) bond motifs is 1. The van der Waals surface area contributed by atoms with Gasteiger partial charge in [0, 0.05) is 17.3 Å². The molecule has 22 heavy (non-hydrogen) atoms. The Hall–Kier alpha value is -1.92. The lowest BCUT2D eigenvalue weighted by Gasteiger charge is -2.14. The summed E-state index contributed by atoms with van der Waals surface area (Å²) in [5.74, 6) is 1.05. The van der Waals surface area contributed by atoms with Crippen LogP contribution in [0.1, 0.15) is 11.3 Å². The second-order valence-corrected chi connectivity index (χ2v) is 6.78. The number of hydrogen-bond acceptors (Lipinski definition) is 4. The molecule has 0 aliphatic rings. The molecule has 0 aliphatic heterocycles. The van der Waals surface area contributed by atoms with Gasteiger partial charge < -0.3 is 10.2 Å². The van der Waals surface area contributed by atoms with Crippen LogP contribution in [0.3, 0.4) is 0 Å². The van der Waals surface area contributed by atoms with Gasteiger partial charge in [-0.1, -0.05) is 6.07 Å². The fourth-order valence-corrected chi connectivity index (χ4v) is 3.07. The molecule has 0 saturated heterocycles. The number of nitrogens with one attached hydrogen (secondary N) is 2. The fourth-order valence-electron chi connectivity index (χ4n) is 2.38. The minimum atomic E-state index is 0.895. The van der Waals surface area contributed by atoms with Crippen LogP contribution in [0.4, 0.5) is 5.82 Å². The summed E-state index contributed by atoms with van der Waals surface area (Å²) < 4.78 is 1.93. The van der Waals surface area contributed by atoms with Crippen molar-refractivity contribution in [3.8, 4) is 10.6 Å². The number of likely N-dealkylation sites (N-methyl/N-ethyl adjacent to an activating group) is 1. The molecule has 0 atom stereocenters. The van der Waals surface area contributed by atoms with Crippen molar-refractivity contribution in [1.82, 2.24) is 14.6 Å². The van der Waals surface area contributed by atoms with Crippen molar-refractivity contribution in [1.29, 1.82) is 0 Å². The first-order chi connectivity index (χ1) is 10.6. The van der Waals surface area contributed by atoms with Crippen LogP contribution in [0.2, 0.25) is 0 Å². The van der Waals surface area contributed by atoms with Gasteiger partial charge in [0.05, 0.1) is 32.1 Å². The maximum atomic E-state index is 4.75. The van der Waals surface area contributed by atoms with Gasteiger partial charge in [-0.3, -0.25) is 0 Å². The smallest absolute Gasteiger partial charge is 0.158 e. The molecule has 3 heterocycles. The summed E-state index contributed by atoms with van der Waals surface area (Å²) in [5, 5.41) is 10.4. The SMILES string of the molecule is Cc1nc2cc(-c3cccs3)nn2c(NCC[NH+](C)C)c1C. The Morgan fingerprint density at radius 3 is 2.82 bits per heavy atom. The summed E-state index contributed by atoms with van der Waals surface area (Å²) in [7, 11) is 4.31. The first-order valence-electron chi connectivity index (χ1n) is 7.50. The molecule has 0 radical (unpaired) electrons. The molecule has 0 spiro atoms. The zero-order valence-electron chi connectivity index (χ0n) is 13.5. The average Bonchev–Trinajstić information content (AvgIpc) is 3.11. The van der Waals surface area contributed by atoms with Crippen molar-refractivity contribution in [2.45, 2.75) is 13.8 Å². The van der Waals surface area contributed by atoms with E-state index < -0.39 is 0 Å². The normalized spacial score (nSPS) is 11.5. The molecule has 116 valence electrons. The highest BCUT2D eigenvalue weighted by atomic mass is 32.1. The van der Waals surface area contributed by atoms with Crippen molar-refractivity contribution in [3.05, 3.63) is 34.8 Å². The first kappa shape index (κ1) is 15.0. The van der Waals surface area contributed by atoms with Crippen molar-refractivity contribution >= 4 is 22.8 Å². The zero-order valence-corrected chi connectivity index (χ0v) is 14.3. The van der Waals surface area contributed by atoms with Gasteiger partial charge in [-0.25, -0.2) is 4.98 Å². The van der Waals surface area contributed by atoms with Crippen LogP contribution < -0.4 is 10.2 Å². The lowest BCUT2D eigenvalue weighted by atomic mass is 10.2. The van der Waals surface area contributed by atoms with Gasteiger partial charge in [0.1, 0.15) is 11.5 Å². The summed E-state index contributed by atoms with van der Waals surface area (Å²) in [6.07, 6.45) is 0. The van der Waals surface area contributed by atoms with E-state index >= 15 is 0 Å². The third kappa shape index (κ3) is 2.84. The Morgan fingerprint density at radius 1 is 1.32 bits per heavy atom. The fraction of sp³-hybridized carbons (Fsp3) is 0.375. The molecular weight excluding hydrogens is 294 g/mol. The predicted molar refractivity (Wildman–Crippen MR) is 91.9 cm³/mol. The minimum Gasteiger partial charge on any atom is -0.364 e. The van der Waals surface area contributed by atoms with Crippen LogP contribution in [0.25, 0.3) is 16.2 Å². The summed E-state index contributed by atoms with van der Waals surface area (Å²) in [5.41, 5.74) is 4.08. The van der Waals surface area contributed by atoms with Gasteiger partial charge in [0.15, 0.2) is 5.65 Å². The van der Waals surface area contributed by atoms with E-state index in [1.165, 1.54) is 9.78 Å². The number of hydrogen-bond donors (Lipinski definition) is 2. The van der Waals surface area contributed by atoms with E-state index in [4.69, 9.17) is 5.10 Å². The van der Waals surface area contributed by atoms with Crippen LogP contribution in [-0.4, -0.2) is 41.8 Å². The van der Waals surface area contributed by atoms with Crippen molar-refractivity contribution < 1.29 is 4.90 Å². The van der Waals surface area contributed by atoms with Gasteiger partial charge in [0.2, 0.25) is 0 Å². The molecule has 3 aromatic rings. The molecule has 0 bridgehead atoms. The third-order valence-corrected chi connectivity index (χ3v) is 4.67. The number of anilines is 1. The van der Waals surface area contributed by atoms with Gasteiger partial charge in [-0.15, -0.1) is 11.3 Å². The Labute approximate surface area is 134 Å². The van der Waals surface area contributed by atoms with Gasteiger partial charge in [-0.05, 0) is 25.3 Å². The van der Waals surface area contributed by atoms with Gasteiger partial charge in [-0.2, -0.15) is 9.61 Å². The Bertz CT molecular complexity index is 774. The lowest BCUT2D eigenvalue weighted by Crippen LogP contribution is -3.06. The lowest BCUT2D eigenvalue weighted by molar-refractivity contribution is -0.856. The third-order valence-electron chi connectivity index (χ3n) is 3.77. The summed E-state index contributed by atoms with van der Waals surface area (Å²) in [6.45, 7) is 6.12. The number of rotatable bonds is 5. The quantitative estimate of drug-likeness (QED) is 0.752. The zero-order chi connectivity index (χ0) is 15.7. The standard InChI is InChI=1S/C16H21N5S/c1-11-12(2)18-15-10-13(14-6-5-9-22-14)19-21(15)16(11)17-7-8-20(3)4/h5-6,9-10,17H,7-8H2,1-4H3/p+1. The van der Waals surface area contributed by atoms with Crippen LogP contribution in [-0.2, 0) is 0 Å². The van der Waals surface area contributed by atoms with E-state index in [9.17, 15) is 0 Å². The second kappa shape index (κ2) is 6.06. The molecule has 0 aromatic carbocycles. The molecule has 0 saturated carbocycles. The van der Waals surface area contributed by atoms with Crippen molar-refractivity contribution in [3.63, 3.8) is 0 Å².